The molecule has 4 heteroatoms. The van der Waals surface area contributed by atoms with Gasteiger partial charge in [-0.1, -0.05) is 35.4 Å². The van der Waals surface area contributed by atoms with E-state index in [9.17, 15) is 4.79 Å². The van der Waals surface area contributed by atoms with Gasteiger partial charge in [-0.3, -0.25) is 9.48 Å². The van der Waals surface area contributed by atoms with E-state index in [1.54, 1.807) is 10.9 Å². The lowest BCUT2D eigenvalue weighted by atomic mass is 10.0. The third kappa shape index (κ3) is 2.74. The molecule has 0 radical (unpaired) electrons. The molecule has 1 aromatic heterocycles. The van der Waals surface area contributed by atoms with Gasteiger partial charge in [-0.25, -0.2) is 0 Å². The van der Waals surface area contributed by atoms with E-state index in [1.165, 1.54) is 6.20 Å². The number of ketones is 1. The Morgan fingerprint density at radius 3 is 2.76 bits per heavy atom. The normalized spacial score (nSPS) is 10.5. The average molecular weight is 249 g/mol. The predicted octanol–water partition coefficient (Wildman–Crippen LogP) is 3.04. The molecule has 0 unspecified atom stereocenters. The lowest BCUT2D eigenvalue weighted by Gasteiger charge is -2.06. The Kier molecular flexibility index (Phi) is 3.29. The second-order valence-electron chi connectivity index (χ2n) is 4.10. The second kappa shape index (κ2) is 4.72. The molecule has 0 atom stereocenters. The predicted molar refractivity (Wildman–Crippen MR) is 67.5 cm³/mol. The highest BCUT2D eigenvalue weighted by Gasteiger charge is 2.10. The van der Waals surface area contributed by atoms with Gasteiger partial charge in [0.25, 0.3) is 0 Å². The maximum atomic E-state index is 12.1. The van der Waals surface area contributed by atoms with Crippen LogP contribution in [-0.4, -0.2) is 15.6 Å². The van der Waals surface area contributed by atoms with Crippen LogP contribution in [0, 0.1) is 13.8 Å². The highest BCUT2D eigenvalue weighted by atomic mass is 35.5. The van der Waals surface area contributed by atoms with Crippen LogP contribution in [0.15, 0.2) is 30.6 Å². The highest BCUT2D eigenvalue weighted by molar-refractivity contribution is 6.30. The number of hydrogen-bond acceptors (Lipinski definition) is 2. The van der Waals surface area contributed by atoms with Crippen LogP contribution in [0.5, 0.6) is 0 Å². The fraction of sp³-hybridized carbons (Fsp3) is 0.231. The molecule has 0 bridgehead atoms. The fourth-order valence-corrected chi connectivity index (χ4v) is 1.94. The number of carbonyl (C=O) groups excluding carboxylic acids is 1. The Hall–Kier alpha value is -1.61. The molecule has 1 aromatic carbocycles. The summed E-state index contributed by atoms with van der Waals surface area (Å²) in [4.78, 5) is 12.1. The third-order valence-corrected chi connectivity index (χ3v) is 2.78. The SMILES string of the molecule is Cc1ccc(C(=O)Cn2cc(Cl)cn2)c(C)c1. The molecule has 0 aliphatic rings. The van der Waals surface area contributed by atoms with Crippen molar-refractivity contribution in [2.24, 2.45) is 0 Å². The van der Waals surface area contributed by atoms with E-state index in [1.807, 2.05) is 32.0 Å². The minimum atomic E-state index is 0.0438. The lowest BCUT2D eigenvalue weighted by Crippen LogP contribution is -2.12. The summed E-state index contributed by atoms with van der Waals surface area (Å²) in [6.45, 7) is 4.17. The number of aryl methyl sites for hydroxylation is 2. The molecule has 0 fully saturated rings. The summed E-state index contributed by atoms with van der Waals surface area (Å²) in [5.41, 5.74) is 2.89. The minimum absolute atomic E-state index is 0.0438. The van der Waals surface area contributed by atoms with Crippen LogP contribution in [0.3, 0.4) is 0 Å². The van der Waals surface area contributed by atoms with Crippen molar-refractivity contribution in [1.29, 1.82) is 0 Å². The quantitative estimate of drug-likeness (QED) is 0.783. The number of hydrogen-bond donors (Lipinski definition) is 0. The van der Waals surface area contributed by atoms with Gasteiger partial charge in [0.1, 0.15) is 6.54 Å². The number of nitrogens with zero attached hydrogens (tertiary/aromatic N) is 2. The van der Waals surface area contributed by atoms with Crippen molar-refractivity contribution in [3.8, 4) is 0 Å². The van der Waals surface area contributed by atoms with Gasteiger partial charge >= 0.3 is 0 Å². The smallest absolute Gasteiger partial charge is 0.184 e. The molecule has 0 spiro atoms. The van der Waals surface area contributed by atoms with Crippen molar-refractivity contribution in [2.45, 2.75) is 20.4 Å². The van der Waals surface area contributed by atoms with Gasteiger partial charge in [-0.15, -0.1) is 0 Å². The van der Waals surface area contributed by atoms with Crippen LogP contribution >= 0.6 is 11.6 Å². The number of carbonyl (C=O) groups is 1. The Morgan fingerprint density at radius 2 is 2.18 bits per heavy atom. The maximum absolute atomic E-state index is 12.1. The van der Waals surface area contributed by atoms with Gasteiger partial charge < -0.3 is 0 Å². The van der Waals surface area contributed by atoms with Gasteiger partial charge in [-0.05, 0) is 19.4 Å². The largest absolute Gasteiger partial charge is 0.292 e. The number of aromatic nitrogens is 2. The molecule has 2 aromatic rings. The number of halogens is 1. The molecule has 0 aliphatic heterocycles. The minimum Gasteiger partial charge on any atom is -0.292 e. The first-order chi connectivity index (χ1) is 8.06. The molecular weight excluding hydrogens is 236 g/mol. The summed E-state index contributed by atoms with van der Waals surface area (Å²) >= 11 is 5.75. The van der Waals surface area contributed by atoms with Crippen LogP contribution < -0.4 is 0 Å². The highest BCUT2D eigenvalue weighted by Crippen LogP contribution is 2.13. The zero-order valence-electron chi connectivity index (χ0n) is 9.77. The van der Waals surface area contributed by atoms with Gasteiger partial charge in [-0.2, -0.15) is 5.10 Å². The van der Waals surface area contributed by atoms with Gasteiger partial charge in [0.2, 0.25) is 0 Å². The maximum Gasteiger partial charge on any atom is 0.184 e. The zero-order valence-corrected chi connectivity index (χ0v) is 10.5. The summed E-state index contributed by atoms with van der Waals surface area (Å²) in [7, 11) is 0. The van der Waals surface area contributed by atoms with E-state index in [-0.39, 0.29) is 12.3 Å². The van der Waals surface area contributed by atoms with E-state index < -0.39 is 0 Å². The van der Waals surface area contributed by atoms with Crippen molar-refractivity contribution in [3.05, 3.63) is 52.3 Å². The van der Waals surface area contributed by atoms with Crippen LogP contribution in [0.25, 0.3) is 0 Å². The molecule has 3 nitrogen and oxygen atoms in total. The molecule has 0 saturated carbocycles. The molecular formula is C13H13ClN2O. The Balaban J connectivity index is 2.20. The first kappa shape index (κ1) is 11.9. The number of rotatable bonds is 3. The van der Waals surface area contributed by atoms with Crippen LogP contribution in [0.4, 0.5) is 0 Å². The summed E-state index contributed by atoms with van der Waals surface area (Å²) in [6.07, 6.45) is 3.17. The van der Waals surface area contributed by atoms with Gasteiger partial charge in [0.05, 0.1) is 11.2 Å². The van der Waals surface area contributed by atoms with Crippen molar-refractivity contribution < 1.29 is 4.79 Å². The fourth-order valence-electron chi connectivity index (χ4n) is 1.78. The van der Waals surface area contributed by atoms with Crippen molar-refractivity contribution >= 4 is 17.4 Å². The van der Waals surface area contributed by atoms with Crippen LogP contribution in [0.2, 0.25) is 5.02 Å². The van der Waals surface area contributed by atoms with E-state index >= 15 is 0 Å². The molecule has 17 heavy (non-hydrogen) atoms. The lowest BCUT2D eigenvalue weighted by molar-refractivity contribution is 0.0967. The van der Waals surface area contributed by atoms with Gasteiger partial charge in [0.15, 0.2) is 5.78 Å². The topological polar surface area (TPSA) is 34.9 Å². The van der Waals surface area contributed by atoms with Crippen molar-refractivity contribution in [1.82, 2.24) is 9.78 Å². The number of Topliss-reactive ketones (excluding diaryl/α,β-unsaturated/α-hetero) is 1. The monoisotopic (exact) mass is 248 g/mol. The Morgan fingerprint density at radius 1 is 1.41 bits per heavy atom. The van der Waals surface area contributed by atoms with E-state index in [4.69, 9.17) is 11.6 Å². The standard InChI is InChI=1S/C13H13ClN2O/c1-9-3-4-12(10(2)5-9)13(17)8-16-7-11(14)6-15-16/h3-7H,8H2,1-2H3. The molecule has 0 N–H and O–H groups in total. The summed E-state index contributed by atoms with van der Waals surface area (Å²) in [6, 6.07) is 5.80. The van der Waals surface area contributed by atoms with Crippen molar-refractivity contribution in [3.63, 3.8) is 0 Å². The summed E-state index contributed by atoms with van der Waals surface area (Å²) < 4.78 is 1.55. The molecule has 0 saturated heterocycles. The van der Waals surface area contributed by atoms with Gasteiger partial charge in [0, 0.05) is 11.8 Å². The van der Waals surface area contributed by atoms with Crippen LogP contribution in [0.1, 0.15) is 21.5 Å². The number of benzene rings is 1. The van der Waals surface area contributed by atoms with E-state index in [0.29, 0.717) is 5.02 Å². The molecule has 88 valence electrons. The average Bonchev–Trinajstić information content (AvgIpc) is 2.63. The molecule has 1 heterocycles. The summed E-state index contributed by atoms with van der Waals surface area (Å²) in [5.74, 6) is 0.0438. The Labute approximate surface area is 105 Å². The van der Waals surface area contributed by atoms with Crippen molar-refractivity contribution in [2.75, 3.05) is 0 Å². The Bertz CT molecular complexity index is 560. The molecule has 0 amide bonds. The van der Waals surface area contributed by atoms with E-state index in [0.717, 1.165) is 16.7 Å². The first-order valence-corrected chi connectivity index (χ1v) is 5.72. The van der Waals surface area contributed by atoms with E-state index in [2.05, 4.69) is 5.10 Å². The molecule has 2 rings (SSSR count). The first-order valence-electron chi connectivity index (χ1n) is 5.34. The zero-order chi connectivity index (χ0) is 12.4. The molecule has 0 aliphatic carbocycles. The summed E-state index contributed by atoms with van der Waals surface area (Å²) in [5, 5.41) is 4.53. The third-order valence-electron chi connectivity index (χ3n) is 2.59. The second-order valence-corrected chi connectivity index (χ2v) is 4.53. The van der Waals surface area contributed by atoms with Crippen LogP contribution in [-0.2, 0) is 6.54 Å².